The minimum Gasteiger partial charge on any atom is -0.469 e. The van der Waals surface area contributed by atoms with Gasteiger partial charge in [-0.1, -0.05) is 0 Å². The number of esters is 1. The molecule has 0 atom stereocenters. The molecule has 0 aliphatic carbocycles. The van der Waals surface area contributed by atoms with Gasteiger partial charge in [-0.25, -0.2) is 0 Å². The van der Waals surface area contributed by atoms with Crippen molar-refractivity contribution in [2.75, 3.05) is 7.11 Å². The zero-order valence-corrected chi connectivity index (χ0v) is 10.5. The number of nitrogens with two attached hydrogens (primary N) is 1. The van der Waals surface area contributed by atoms with Crippen molar-refractivity contribution in [1.82, 2.24) is 0 Å². The van der Waals surface area contributed by atoms with E-state index in [4.69, 9.17) is 11.0 Å². The lowest BCUT2D eigenvalue weighted by atomic mass is 10.0. The predicted molar refractivity (Wildman–Crippen MR) is 61.5 cm³/mol. The topological polar surface area (TPSA) is 85.3 Å². The maximum Gasteiger partial charge on any atom is 0.573 e. The molecule has 5 nitrogen and oxygen atoms in total. The van der Waals surface area contributed by atoms with Crippen LogP contribution in [0.15, 0.2) is 12.1 Å². The summed E-state index contributed by atoms with van der Waals surface area (Å²) in [4.78, 5) is 11.1. The molecule has 0 spiro atoms. The molecule has 0 unspecified atom stereocenters. The first-order valence-electron chi connectivity index (χ1n) is 5.39. The highest BCUT2D eigenvalue weighted by molar-refractivity contribution is 5.73. The van der Waals surface area contributed by atoms with Crippen molar-refractivity contribution in [3.8, 4) is 11.8 Å². The number of alkyl halides is 3. The predicted octanol–water partition coefficient (Wildman–Crippen LogP) is 1.63. The van der Waals surface area contributed by atoms with Crippen molar-refractivity contribution in [3.63, 3.8) is 0 Å². The normalized spacial score (nSPS) is 10.8. The second-order valence-corrected chi connectivity index (χ2v) is 3.74. The third-order valence-corrected chi connectivity index (χ3v) is 2.40. The van der Waals surface area contributed by atoms with Gasteiger partial charge in [0.25, 0.3) is 0 Å². The number of carbonyl (C=O) groups excluding carboxylic acids is 1. The Morgan fingerprint density at radius 2 is 2.10 bits per heavy atom. The molecule has 108 valence electrons. The monoisotopic (exact) mass is 288 g/mol. The molecular formula is C12H11F3N2O3. The molecule has 2 N–H and O–H groups in total. The maximum absolute atomic E-state index is 12.3. The Balaban J connectivity index is 3.28. The highest BCUT2D eigenvalue weighted by atomic mass is 19.4. The van der Waals surface area contributed by atoms with Gasteiger partial charge in [-0.05, 0) is 17.7 Å². The number of ether oxygens (including phenoxy) is 2. The molecule has 0 heterocycles. The highest BCUT2D eigenvalue weighted by Gasteiger charge is 2.32. The van der Waals surface area contributed by atoms with Crippen LogP contribution in [-0.4, -0.2) is 19.4 Å². The van der Waals surface area contributed by atoms with Crippen LogP contribution in [-0.2, 0) is 22.5 Å². The summed E-state index contributed by atoms with van der Waals surface area (Å²) in [7, 11) is 1.15. The van der Waals surface area contributed by atoms with Crippen LogP contribution in [0, 0.1) is 11.3 Å². The minimum absolute atomic E-state index is 0.0709. The van der Waals surface area contributed by atoms with Crippen LogP contribution in [0.4, 0.5) is 13.2 Å². The number of nitrogens with zero attached hydrogens (tertiary/aromatic N) is 1. The van der Waals surface area contributed by atoms with Crippen molar-refractivity contribution < 1.29 is 27.4 Å². The first-order valence-corrected chi connectivity index (χ1v) is 5.39. The average Bonchev–Trinajstić information content (AvgIpc) is 2.36. The fourth-order valence-corrected chi connectivity index (χ4v) is 1.57. The molecule has 0 aliphatic heterocycles. The van der Waals surface area contributed by atoms with E-state index in [2.05, 4.69) is 9.47 Å². The molecule has 0 fully saturated rings. The second-order valence-electron chi connectivity index (χ2n) is 3.74. The number of benzene rings is 1. The summed E-state index contributed by atoms with van der Waals surface area (Å²) < 4.78 is 45.2. The van der Waals surface area contributed by atoms with Gasteiger partial charge in [0.15, 0.2) is 0 Å². The molecule has 1 rings (SSSR count). The summed E-state index contributed by atoms with van der Waals surface area (Å²) in [6, 6.07) is 4.03. The number of halogens is 3. The van der Waals surface area contributed by atoms with Crippen LogP contribution in [0.3, 0.4) is 0 Å². The van der Waals surface area contributed by atoms with E-state index in [0.717, 1.165) is 13.2 Å². The maximum atomic E-state index is 12.3. The SMILES string of the molecule is COC(=O)Cc1cc(C#N)c(CN)c(OC(F)(F)F)c1. The Hall–Kier alpha value is -2.27. The molecule has 1 aromatic carbocycles. The zero-order chi connectivity index (χ0) is 15.3. The van der Waals surface area contributed by atoms with E-state index in [1.54, 1.807) is 6.07 Å². The highest BCUT2D eigenvalue weighted by Crippen LogP contribution is 2.30. The lowest BCUT2D eigenvalue weighted by Crippen LogP contribution is -2.19. The summed E-state index contributed by atoms with van der Waals surface area (Å²) >= 11 is 0. The van der Waals surface area contributed by atoms with E-state index in [1.807, 2.05) is 0 Å². The lowest BCUT2D eigenvalue weighted by molar-refractivity contribution is -0.274. The third-order valence-electron chi connectivity index (χ3n) is 2.40. The van der Waals surface area contributed by atoms with Gasteiger partial charge in [-0.2, -0.15) is 5.26 Å². The number of rotatable bonds is 4. The molecule has 8 heteroatoms. The van der Waals surface area contributed by atoms with Crippen LogP contribution < -0.4 is 10.5 Å². The Morgan fingerprint density at radius 1 is 1.45 bits per heavy atom. The smallest absolute Gasteiger partial charge is 0.469 e. The molecule has 0 aliphatic rings. The van der Waals surface area contributed by atoms with Crippen LogP contribution in [0.5, 0.6) is 5.75 Å². The van der Waals surface area contributed by atoms with Crippen LogP contribution in [0.2, 0.25) is 0 Å². The second kappa shape index (κ2) is 6.25. The zero-order valence-electron chi connectivity index (χ0n) is 10.5. The van der Waals surface area contributed by atoms with Crippen molar-refractivity contribution in [1.29, 1.82) is 5.26 Å². The lowest BCUT2D eigenvalue weighted by Gasteiger charge is -2.15. The fourth-order valence-electron chi connectivity index (χ4n) is 1.57. The molecule has 0 bridgehead atoms. The molecule has 1 aromatic rings. The largest absolute Gasteiger partial charge is 0.573 e. The molecule has 20 heavy (non-hydrogen) atoms. The summed E-state index contributed by atoms with van der Waals surface area (Å²) in [6.07, 6.45) is -5.19. The molecular weight excluding hydrogens is 277 g/mol. The van der Waals surface area contributed by atoms with E-state index >= 15 is 0 Å². The number of methoxy groups -OCH3 is 1. The summed E-state index contributed by atoms with van der Waals surface area (Å²) in [5.41, 5.74) is 5.36. The van der Waals surface area contributed by atoms with Gasteiger partial charge in [0.2, 0.25) is 0 Å². The van der Waals surface area contributed by atoms with E-state index in [-0.39, 0.29) is 29.7 Å². The Labute approximate surface area is 112 Å². The van der Waals surface area contributed by atoms with Gasteiger partial charge >= 0.3 is 12.3 Å². The Morgan fingerprint density at radius 3 is 2.55 bits per heavy atom. The van der Waals surface area contributed by atoms with E-state index in [0.29, 0.717) is 0 Å². The summed E-state index contributed by atoms with van der Waals surface area (Å²) in [5.74, 6) is -1.23. The van der Waals surface area contributed by atoms with Crippen molar-refractivity contribution >= 4 is 5.97 Å². The summed E-state index contributed by atoms with van der Waals surface area (Å²) in [5, 5.41) is 8.93. The Kier molecular flexibility index (Phi) is 4.94. The van der Waals surface area contributed by atoms with Crippen molar-refractivity contribution in [2.24, 2.45) is 5.73 Å². The number of carbonyl (C=O) groups is 1. The van der Waals surface area contributed by atoms with Gasteiger partial charge in [-0.3, -0.25) is 4.79 Å². The summed E-state index contributed by atoms with van der Waals surface area (Å²) in [6.45, 7) is -0.299. The Bertz CT molecular complexity index is 550. The molecule has 0 amide bonds. The first kappa shape index (κ1) is 15.8. The molecule has 0 saturated carbocycles. The van der Waals surface area contributed by atoms with Gasteiger partial charge in [0.05, 0.1) is 25.2 Å². The van der Waals surface area contributed by atoms with Crippen molar-refractivity contribution in [3.05, 3.63) is 28.8 Å². The van der Waals surface area contributed by atoms with E-state index < -0.39 is 18.1 Å². The van der Waals surface area contributed by atoms with Crippen LogP contribution in [0.1, 0.15) is 16.7 Å². The van der Waals surface area contributed by atoms with Gasteiger partial charge in [-0.15, -0.1) is 13.2 Å². The van der Waals surface area contributed by atoms with Gasteiger partial charge in [0.1, 0.15) is 5.75 Å². The minimum atomic E-state index is -4.92. The third kappa shape index (κ3) is 4.13. The van der Waals surface area contributed by atoms with Crippen molar-refractivity contribution in [2.45, 2.75) is 19.3 Å². The standard InChI is InChI=1S/C12H11F3N2O3/c1-19-11(18)4-7-2-8(5-16)9(6-17)10(3-7)20-12(13,14)15/h2-3H,4,6,17H2,1H3. The fraction of sp³-hybridized carbons (Fsp3) is 0.333. The van der Waals surface area contributed by atoms with Crippen LogP contribution in [0.25, 0.3) is 0 Å². The van der Waals surface area contributed by atoms with Gasteiger partial charge < -0.3 is 15.2 Å². The van der Waals surface area contributed by atoms with Gasteiger partial charge in [0, 0.05) is 12.1 Å². The quantitative estimate of drug-likeness (QED) is 0.851. The average molecular weight is 288 g/mol. The first-order chi connectivity index (χ1) is 9.30. The van der Waals surface area contributed by atoms with E-state index in [9.17, 15) is 18.0 Å². The number of nitriles is 1. The molecule has 0 aromatic heterocycles. The number of hydrogen-bond acceptors (Lipinski definition) is 5. The molecule has 0 saturated heterocycles. The molecule has 0 radical (unpaired) electrons. The number of hydrogen-bond donors (Lipinski definition) is 1. The van der Waals surface area contributed by atoms with E-state index in [1.165, 1.54) is 6.07 Å². The van der Waals surface area contributed by atoms with Crippen LogP contribution >= 0.6 is 0 Å².